The van der Waals surface area contributed by atoms with Gasteiger partial charge in [0.25, 0.3) is 5.91 Å². The van der Waals surface area contributed by atoms with Crippen molar-refractivity contribution in [2.75, 3.05) is 6.54 Å². The van der Waals surface area contributed by atoms with E-state index in [0.29, 0.717) is 28.3 Å². The van der Waals surface area contributed by atoms with E-state index in [1.54, 1.807) is 13.0 Å². The fourth-order valence-electron chi connectivity index (χ4n) is 2.57. The lowest BCUT2D eigenvalue weighted by molar-refractivity contribution is 0.0937. The van der Waals surface area contributed by atoms with Crippen LogP contribution in [0.25, 0.3) is 10.1 Å². The maximum absolute atomic E-state index is 13.8. The first-order valence-electron chi connectivity index (χ1n) is 6.80. The van der Waals surface area contributed by atoms with Gasteiger partial charge in [0.05, 0.1) is 4.88 Å². The van der Waals surface area contributed by atoms with Crippen LogP contribution in [0.2, 0.25) is 0 Å². The number of halogens is 2. The number of carbonyl (C=O) groups is 1. The van der Waals surface area contributed by atoms with E-state index in [0.717, 1.165) is 17.5 Å². The van der Waals surface area contributed by atoms with Gasteiger partial charge in [-0.15, -0.1) is 23.7 Å². The molecule has 1 fully saturated rings. The Kier molecular flexibility index (Phi) is 4.86. The minimum absolute atomic E-state index is 0. The van der Waals surface area contributed by atoms with E-state index >= 15 is 0 Å². The van der Waals surface area contributed by atoms with E-state index in [2.05, 4.69) is 5.32 Å². The Morgan fingerprint density at radius 1 is 1.52 bits per heavy atom. The fourth-order valence-corrected chi connectivity index (χ4v) is 3.70. The highest BCUT2D eigenvalue weighted by molar-refractivity contribution is 7.21. The predicted molar refractivity (Wildman–Crippen MR) is 86.8 cm³/mol. The molecule has 1 saturated carbocycles. The average Bonchev–Trinajstić information content (AvgIpc) is 3.20. The number of hydrogen-bond acceptors (Lipinski definition) is 3. The summed E-state index contributed by atoms with van der Waals surface area (Å²) < 4.78 is 14.7. The Hall–Kier alpha value is -1.17. The molecule has 3 nitrogen and oxygen atoms in total. The van der Waals surface area contributed by atoms with E-state index in [4.69, 9.17) is 5.73 Å². The molecule has 1 aromatic carbocycles. The molecule has 0 bridgehead atoms. The lowest BCUT2D eigenvalue weighted by Crippen LogP contribution is -2.41. The molecule has 1 aliphatic carbocycles. The lowest BCUT2D eigenvalue weighted by atomic mass is 10.1. The van der Waals surface area contributed by atoms with Crippen LogP contribution in [-0.4, -0.2) is 18.5 Å². The van der Waals surface area contributed by atoms with E-state index in [1.807, 2.05) is 6.07 Å². The molecule has 1 amide bonds. The van der Waals surface area contributed by atoms with Crippen LogP contribution in [0.3, 0.4) is 0 Å². The van der Waals surface area contributed by atoms with Gasteiger partial charge >= 0.3 is 0 Å². The van der Waals surface area contributed by atoms with Gasteiger partial charge < -0.3 is 11.1 Å². The first-order valence-corrected chi connectivity index (χ1v) is 7.62. The van der Waals surface area contributed by atoms with Crippen molar-refractivity contribution in [2.45, 2.75) is 25.8 Å². The molecule has 0 saturated heterocycles. The molecule has 0 spiro atoms. The summed E-state index contributed by atoms with van der Waals surface area (Å²) in [6.45, 7) is 2.25. The zero-order valence-electron chi connectivity index (χ0n) is 11.7. The summed E-state index contributed by atoms with van der Waals surface area (Å²) in [5.41, 5.74) is 6.42. The van der Waals surface area contributed by atoms with Gasteiger partial charge in [-0.2, -0.15) is 0 Å². The largest absolute Gasteiger partial charge is 0.347 e. The van der Waals surface area contributed by atoms with Crippen molar-refractivity contribution < 1.29 is 9.18 Å². The predicted octanol–water partition coefficient (Wildman–Crippen LogP) is 3.24. The number of hydrogen-bond donors (Lipinski definition) is 2. The third kappa shape index (κ3) is 3.05. The molecule has 21 heavy (non-hydrogen) atoms. The summed E-state index contributed by atoms with van der Waals surface area (Å²) in [4.78, 5) is 13.0. The monoisotopic (exact) mass is 328 g/mol. The Labute approximate surface area is 133 Å². The summed E-state index contributed by atoms with van der Waals surface area (Å²) in [7, 11) is 0. The zero-order valence-corrected chi connectivity index (χ0v) is 13.3. The highest BCUT2D eigenvalue weighted by Gasteiger charge is 2.32. The van der Waals surface area contributed by atoms with Gasteiger partial charge in [-0.1, -0.05) is 6.07 Å². The molecule has 1 unspecified atom stereocenters. The topological polar surface area (TPSA) is 55.1 Å². The van der Waals surface area contributed by atoms with Crippen molar-refractivity contribution in [3.63, 3.8) is 0 Å². The summed E-state index contributed by atoms with van der Waals surface area (Å²) in [6, 6.07) is 4.98. The highest BCUT2D eigenvalue weighted by atomic mass is 35.5. The number of thiophene rings is 1. The average molecular weight is 329 g/mol. The second-order valence-corrected chi connectivity index (χ2v) is 6.37. The SMILES string of the molecule is Cc1c(C(=O)NC(CN)C2CC2)sc2cccc(F)c12.Cl. The molecular weight excluding hydrogens is 311 g/mol. The number of nitrogens with two attached hydrogens (primary N) is 1. The van der Waals surface area contributed by atoms with Crippen LogP contribution in [0.5, 0.6) is 0 Å². The standard InChI is InChI=1S/C15H17FN2OS.ClH/c1-8-13-10(16)3-2-4-12(13)20-14(8)15(19)18-11(7-17)9-5-6-9;/h2-4,9,11H,5-7,17H2,1H3,(H,18,19);1H. The van der Waals surface area contributed by atoms with Crippen molar-refractivity contribution in [3.05, 3.63) is 34.5 Å². The third-order valence-corrected chi connectivity index (χ3v) is 5.13. The summed E-state index contributed by atoms with van der Waals surface area (Å²) >= 11 is 1.34. The number of benzene rings is 1. The summed E-state index contributed by atoms with van der Waals surface area (Å²) in [6.07, 6.45) is 2.25. The normalized spacial score (nSPS) is 15.6. The number of amides is 1. The molecule has 114 valence electrons. The van der Waals surface area contributed by atoms with E-state index in [9.17, 15) is 9.18 Å². The van der Waals surface area contributed by atoms with Crippen LogP contribution < -0.4 is 11.1 Å². The lowest BCUT2D eigenvalue weighted by Gasteiger charge is -2.15. The van der Waals surface area contributed by atoms with Crippen LogP contribution in [-0.2, 0) is 0 Å². The molecule has 1 aliphatic rings. The molecule has 3 rings (SSSR count). The minimum atomic E-state index is -0.270. The van der Waals surface area contributed by atoms with Gasteiger partial charge in [0, 0.05) is 22.7 Å². The van der Waals surface area contributed by atoms with Crippen molar-refractivity contribution in [3.8, 4) is 0 Å². The van der Waals surface area contributed by atoms with Gasteiger partial charge in [0.2, 0.25) is 0 Å². The van der Waals surface area contributed by atoms with Crippen molar-refractivity contribution in [1.29, 1.82) is 0 Å². The van der Waals surface area contributed by atoms with Crippen LogP contribution in [0.4, 0.5) is 4.39 Å². The molecule has 6 heteroatoms. The van der Waals surface area contributed by atoms with Crippen molar-refractivity contribution in [1.82, 2.24) is 5.32 Å². The quantitative estimate of drug-likeness (QED) is 0.905. The molecule has 1 atom stereocenters. The molecule has 2 aromatic rings. The number of carbonyl (C=O) groups excluding carboxylic acids is 1. The molecule has 0 radical (unpaired) electrons. The van der Waals surface area contributed by atoms with Crippen LogP contribution in [0.1, 0.15) is 28.1 Å². The molecule has 0 aliphatic heterocycles. The molecular formula is C15H18ClFN2OS. The highest BCUT2D eigenvalue weighted by Crippen LogP contribution is 2.34. The first kappa shape index (κ1) is 16.2. The van der Waals surface area contributed by atoms with Crippen molar-refractivity contribution >= 4 is 39.7 Å². The van der Waals surface area contributed by atoms with Gasteiger partial charge in [-0.05, 0) is 43.4 Å². The Bertz CT molecular complexity index is 669. The van der Waals surface area contributed by atoms with E-state index < -0.39 is 0 Å². The first-order chi connectivity index (χ1) is 9.61. The Morgan fingerprint density at radius 3 is 2.81 bits per heavy atom. The number of rotatable bonds is 4. The van der Waals surface area contributed by atoms with Crippen LogP contribution in [0.15, 0.2) is 18.2 Å². The number of aryl methyl sites for hydroxylation is 1. The van der Waals surface area contributed by atoms with E-state index in [-0.39, 0.29) is 30.2 Å². The fraction of sp³-hybridized carbons (Fsp3) is 0.400. The third-order valence-electron chi connectivity index (χ3n) is 3.87. The minimum Gasteiger partial charge on any atom is -0.347 e. The van der Waals surface area contributed by atoms with Crippen molar-refractivity contribution in [2.24, 2.45) is 11.7 Å². The zero-order chi connectivity index (χ0) is 14.3. The molecule has 1 aromatic heterocycles. The second-order valence-electron chi connectivity index (χ2n) is 5.32. The Morgan fingerprint density at radius 2 is 2.24 bits per heavy atom. The van der Waals surface area contributed by atoms with Gasteiger partial charge in [0.1, 0.15) is 5.82 Å². The van der Waals surface area contributed by atoms with Crippen LogP contribution in [0, 0.1) is 18.7 Å². The van der Waals surface area contributed by atoms with Crippen LogP contribution >= 0.6 is 23.7 Å². The smallest absolute Gasteiger partial charge is 0.261 e. The Balaban J connectivity index is 0.00000161. The molecule has 1 heterocycles. The number of fused-ring (bicyclic) bond motifs is 1. The van der Waals surface area contributed by atoms with Gasteiger partial charge in [-0.3, -0.25) is 4.79 Å². The molecule has 3 N–H and O–H groups in total. The van der Waals surface area contributed by atoms with Gasteiger partial charge in [-0.25, -0.2) is 4.39 Å². The number of nitrogens with one attached hydrogen (secondary N) is 1. The second kappa shape index (κ2) is 6.30. The maximum atomic E-state index is 13.8. The maximum Gasteiger partial charge on any atom is 0.261 e. The van der Waals surface area contributed by atoms with Gasteiger partial charge in [0.15, 0.2) is 0 Å². The summed E-state index contributed by atoms with van der Waals surface area (Å²) in [5, 5.41) is 3.54. The summed E-state index contributed by atoms with van der Waals surface area (Å²) in [5.74, 6) is 0.105. The van der Waals surface area contributed by atoms with E-state index in [1.165, 1.54) is 17.4 Å².